The van der Waals surface area contributed by atoms with Gasteiger partial charge in [0.05, 0.1) is 25.0 Å². The highest BCUT2D eigenvalue weighted by molar-refractivity contribution is 7.15. The Labute approximate surface area is 175 Å². The predicted octanol–water partition coefficient (Wildman–Crippen LogP) is 2.81. The highest BCUT2D eigenvalue weighted by Gasteiger charge is 2.25. The van der Waals surface area contributed by atoms with Gasteiger partial charge in [-0.2, -0.15) is 5.10 Å². The quantitative estimate of drug-likeness (QED) is 0.410. The van der Waals surface area contributed by atoms with E-state index >= 15 is 0 Å². The van der Waals surface area contributed by atoms with Crippen LogP contribution in [0.15, 0.2) is 47.7 Å². The van der Waals surface area contributed by atoms with Crippen molar-refractivity contribution in [1.29, 1.82) is 0 Å². The fourth-order valence-electron chi connectivity index (χ4n) is 2.83. The van der Waals surface area contributed by atoms with Crippen molar-refractivity contribution in [2.24, 2.45) is 12.0 Å². The standard InChI is InChI=1S/C21H28N6OS/c1-5-22-20(24-14-21(3,28)17-11-25-27(4)13-17)23-12-18-15(2)26-19(29-18)16-9-7-6-8-10-16/h6-11,13,28H,5,12,14H2,1-4H3,(H2,22,23,24). The minimum atomic E-state index is -1.05. The third-order valence-corrected chi connectivity index (χ3v) is 5.76. The van der Waals surface area contributed by atoms with Gasteiger partial charge < -0.3 is 15.7 Å². The monoisotopic (exact) mass is 412 g/mol. The Hall–Kier alpha value is -2.71. The molecule has 7 nitrogen and oxygen atoms in total. The molecule has 0 radical (unpaired) electrons. The maximum Gasteiger partial charge on any atom is 0.191 e. The van der Waals surface area contributed by atoms with Crippen LogP contribution in [-0.4, -0.2) is 38.9 Å². The number of aryl methyl sites for hydroxylation is 2. The first-order valence-corrected chi connectivity index (χ1v) is 10.5. The van der Waals surface area contributed by atoms with Gasteiger partial charge in [0.15, 0.2) is 5.96 Å². The molecule has 1 atom stereocenters. The summed E-state index contributed by atoms with van der Waals surface area (Å²) in [5.74, 6) is 0.658. The minimum Gasteiger partial charge on any atom is -0.383 e. The average molecular weight is 413 g/mol. The largest absolute Gasteiger partial charge is 0.383 e. The number of rotatable bonds is 7. The van der Waals surface area contributed by atoms with E-state index < -0.39 is 5.60 Å². The van der Waals surface area contributed by atoms with E-state index in [-0.39, 0.29) is 0 Å². The van der Waals surface area contributed by atoms with Gasteiger partial charge in [-0.1, -0.05) is 30.3 Å². The fraction of sp³-hybridized carbons (Fsp3) is 0.381. The molecule has 1 unspecified atom stereocenters. The van der Waals surface area contributed by atoms with Gasteiger partial charge in [0, 0.05) is 35.8 Å². The molecule has 0 bridgehead atoms. The lowest BCUT2D eigenvalue weighted by Crippen LogP contribution is -2.44. The van der Waals surface area contributed by atoms with Crippen molar-refractivity contribution in [2.45, 2.75) is 32.9 Å². The highest BCUT2D eigenvalue weighted by Crippen LogP contribution is 2.28. The van der Waals surface area contributed by atoms with E-state index in [2.05, 4.69) is 32.9 Å². The highest BCUT2D eigenvalue weighted by atomic mass is 32.1. The van der Waals surface area contributed by atoms with Gasteiger partial charge in [-0.15, -0.1) is 11.3 Å². The number of aliphatic hydroxyl groups is 1. The molecule has 0 aliphatic carbocycles. The van der Waals surface area contributed by atoms with Crippen LogP contribution in [0.3, 0.4) is 0 Å². The Bertz CT molecular complexity index is 961. The van der Waals surface area contributed by atoms with Crippen molar-refractivity contribution in [3.8, 4) is 10.6 Å². The van der Waals surface area contributed by atoms with Crippen molar-refractivity contribution < 1.29 is 5.11 Å². The molecule has 8 heteroatoms. The van der Waals surface area contributed by atoms with Crippen LogP contribution in [0.2, 0.25) is 0 Å². The molecule has 3 aromatic rings. The number of benzene rings is 1. The van der Waals surface area contributed by atoms with Gasteiger partial charge in [0.1, 0.15) is 10.6 Å². The second-order valence-electron chi connectivity index (χ2n) is 7.12. The molecule has 3 rings (SSSR count). The third-order valence-electron chi connectivity index (χ3n) is 4.57. The molecule has 0 aliphatic heterocycles. The third kappa shape index (κ3) is 5.42. The number of guanidine groups is 1. The molecule has 154 valence electrons. The second kappa shape index (κ2) is 9.19. The van der Waals surface area contributed by atoms with Gasteiger partial charge in [-0.05, 0) is 20.8 Å². The van der Waals surface area contributed by atoms with E-state index in [0.717, 1.165) is 33.3 Å². The lowest BCUT2D eigenvalue weighted by Gasteiger charge is -2.23. The fourth-order valence-corrected chi connectivity index (χ4v) is 3.82. The Kier molecular flexibility index (Phi) is 6.66. The summed E-state index contributed by atoms with van der Waals surface area (Å²) >= 11 is 1.66. The summed E-state index contributed by atoms with van der Waals surface area (Å²) in [4.78, 5) is 10.5. The number of thiazole rings is 1. The molecule has 2 aromatic heterocycles. The number of aliphatic imine (C=N–C) groups is 1. The molecule has 2 heterocycles. The van der Waals surface area contributed by atoms with Crippen LogP contribution in [0.1, 0.15) is 30.0 Å². The zero-order valence-corrected chi connectivity index (χ0v) is 18.1. The first kappa shape index (κ1) is 21.0. The summed E-state index contributed by atoms with van der Waals surface area (Å²) in [7, 11) is 1.83. The smallest absolute Gasteiger partial charge is 0.191 e. The maximum absolute atomic E-state index is 10.8. The van der Waals surface area contributed by atoms with Crippen LogP contribution in [-0.2, 0) is 19.2 Å². The van der Waals surface area contributed by atoms with E-state index in [9.17, 15) is 5.11 Å². The van der Waals surface area contributed by atoms with Crippen LogP contribution in [0.25, 0.3) is 10.6 Å². The van der Waals surface area contributed by atoms with E-state index in [1.54, 1.807) is 29.1 Å². The van der Waals surface area contributed by atoms with Gasteiger partial charge >= 0.3 is 0 Å². The first-order chi connectivity index (χ1) is 13.9. The Morgan fingerprint density at radius 2 is 2.03 bits per heavy atom. The molecule has 0 aliphatic rings. The predicted molar refractivity (Wildman–Crippen MR) is 118 cm³/mol. The van der Waals surface area contributed by atoms with E-state index in [4.69, 9.17) is 4.98 Å². The van der Waals surface area contributed by atoms with Crippen LogP contribution in [0.4, 0.5) is 0 Å². The van der Waals surface area contributed by atoms with Crippen LogP contribution < -0.4 is 10.6 Å². The van der Waals surface area contributed by atoms with Crippen LogP contribution in [0.5, 0.6) is 0 Å². The SMILES string of the molecule is CCNC(=NCc1sc(-c2ccccc2)nc1C)NCC(C)(O)c1cnn(C)c1. The number of hydrogen-bond donors (Lipinski definition) is 3. The molecule has 0 saturated carbocycles. The summed E-state index contributed by atoms with van der Waals surface area (Å²) in [5, 5.41) is 22.4. The second-order valence-corrected chi connectivity index (χ2v) is 8.20. The molecular weight excluding hydrogens is 384 g/mol. The van der Waals surface area contributed by atoms with Crippen molar-refractivity contribution in [3.05, 3.63) is 58.9 Å². The summed E-state index contributed by atoms with van der Waals surface area (Å²) in [5.41, 5.74) is 1.82. The lowest BCUT2D eigenvalue weighted by atomic mass is 10.00. The van der Waals surface area contributed by atoms with Gasteiger partial charge in [-0.3, -0.25) is 4.68 Å². The Morgan fingerprint density at radius 3 is 2.69 bits per heavy atom. The summed E-state index contributed by atoms with van der Waals surface area (Å²) in [6.45, 7) is 7.38. The molecule has 29 heavy (non-hydrogen) atoms. The normalized spacial score (nSPS) is 13.9. The van der Waals surface area contributed by atoms with Crippen LogP contribution >= 0.6 is 11.3 Å². The van der Waals surface area contributed by atoms with Gasteiger partial charge in [-0.25, -0.2) is 9.98 Å². The van der Waals surface area contributed by atoms with E-state index in [0.29, 0.717) is 19.0 Å². The summed E-state index contributed by atoms with van der Waals surface area (Å²) in [6.07, 6.45) is 3.50. The van der Waals surface area contributed by atoms with E-state index in [1.807, 2.05) is 45.3 Å². The minimum absolute atomic E-state index is 0.321. The van der Waals surface area contributed by atoms with E-state index in [1.165, 1.54) is 0 Å². The average Bonchev–Trinajstić information content (AvgIpc) is 3.31. The zero-order chi connectivity index (χ0) is 20.9. The van der Waals surface area contributed by atoms with Crippen molar-refractivity contribution >= 4 is 17.3 Å². The molecule has 3 N–H and O–H groups in total. The molecule has 0 saturated heterocycles. The number of aromatic nitrogens is 3. The van der Waals surface area contributed by atoms with Crippen molar-refractivity contribution in [1.82, 2.24) is 25.4 Å². The topological polar surface area (TPSA) is 87.4 Å². The van der Waals surface area contributed by atoms with Crippen LogP contribution in [0, 0.1) is 6.92 Å². The lowest BCUT2D eigenvalue weighted by molar-refractivity contribution is 0.0616. The van der Waals surface area contributed by atoms with Crippen molar-refractivity contribution in [2.75, 3.05) is 13.1 Å². The van der Waals surface area contributed by atoms with Gasteiger partial charge in [0.2, 0.25) is 0 Å². The number of nitrogens with zero attached hydrogens (tertiary/aromatic N) is 4. The Balaban J connectivity index is 1.69. The number of hydrogen-bond acceptors (Lipinski definition) is 5. The zero-order valence-electron chi connectivity index (χ0n) is 17.3. The molecule has 1 aromatic carbocycles. The summed E-state index contributed by atoms with van der Waals surface area (Å²) < 4.78 is 1.68. The Morgan fingerprint density at radius 1 is 1.28 bits per heavy atom. The first-order valence-electron chi connectivity index (χ1n) is 9.64. The van der Waals surface area contributed by atoms with Gasteiger partial charge in [0.25, 0.3) is 0 Å². The molecule has 0 fully saturated rings. The molecule has 0 amide bonds. The molecule has 0 spiro atoms. The summed E-state index contributed by atoms with van der Waals surface area (Å²) in [6, 6.07) is 10.2. The number of nitrogens with one attached hydrogen (secondary N) is 2. The van der Waals surface area contributed by atoms with Crippen molar-refractivity contribution in [3.63, 3.8) is 0 Å². The maximum atomic E-state index is 10.8. The molecular formula is C21H28N6OS.